The predicted octanol–water partition coefficient (Wildman–Crippen LogP) is 6.58. The summed E-state index contributed by atoms with van der Waals surface area (Å²) in [6.45, 7) is 17.7. The molecular weight excluding hydrogens is 242 g/mol. The van der Waals surface area contributed by atoms with Crippen LogP contribution in [0.2, 0.25) is 0 Å². The Morgan fingerprint density at radius 3 is 1.50 bits per heavy atom. The summed E-state index contributed by atoms with van der Waals surface area (Å²) in [5.41, 5.74) is 5.23. The summed E-state index contributed by atoms with van der Waals surface area (Å²) in [6.07, 6.45) is 12.6. The molecule has 0 aliphatic heterocycles. The molecule has 2 N–H and O–H groups in total. The van der Waals surface area contributed by atoms with Crippen LogP contribution in [-0.4, -0.2) is 6.54 Å². The second kappa shape index (κ2) is 23.8. The van der Waals surface area contributed by atoms with Crippen molar-refractivity contribution in [3.63, 3.8) is 0 Å². The average Bonchev–Trinajstić information content (AvgIpc) is 3.30. The number of hydrogen-bond donors (Lipinski definition) is 1. The van der Waals surface area contributed by atoms with Gasteiger partial charge in [-0.1, -0.05) is 73.3 Å². The van der Waals surface area contributed by atoms with Crippen LogP contribution >= 0.6 is 0 Å². The van der Waals surface area contributed by atoms with Crippen LogP contribution in [0.25, 0.3) is 0 Å². The first-order valence-corrected chi connectivity index (χ1v) is 8.93. The molecule has 1 atom stereocenters. The fourth-order valence-corrected chi connectivity index (χ4v) is 1.21. The van der Waals surface area contributed by atoms with Crippen LogP contribution in [0.4, 0.5) is 0 Å². The lowest BCUT2D eigenvalue weighted by molar-refractivity contribution is 0.564. The summed E-state index contributed by atoms with van der Waals surface area (Å²) in [6, 6.07) is 0. The van der Waals surface area contributed by atoms with Gasteiger partial charge in [-0.2, -0.15) is 0 Å². The molecule has 1 fully saturated rings. The third kappa shape index (κ3) is 30.6. The van der Waals surface area contributed by atoms with E-state index in [1.165, 1.54) is 51.4 Å². The maximum Gasteiger partial charge on any atom is -0.00489 e. The fourth-order valence-electron chi connectivity index (χ4n) is 1.21. The highest BCUT2D eigenvalue weighted by molar-refractivity contribution is 4.76. The van der Waals surface area contributed by atoms with Crippen LogP contribution in [0.3, 0.4) is 0 Å². The quantitative estimate of drug-likeness (QED) is 0.548. The summed E-state index contributed by atoms with van der Waals surface area (Å²) in [4.78, 5) is 0. The summed E-state index contributed by atoms with van der Waals surface area (Å²) in [7, 11) is 0. The van der Waals surface area contributed by atoms with Crippen molar-refractivity contribution in [3.05, 3.63) is 12.7 Å². The van der Waals surface area contributed by atoms with Gasteiger partial charge in [0.1, 0.15) is 0 Å². The monoisotopic (exact) mass is 285 g/mol. The van der Waals surface area contributed by atoms with Gasteiger partial charge in [0.25, 0.3) is 0 Å². The summed E-state index contributed by atoms with van der Waals surface area (Å²) in [5.74, 6) is 1.68. The van der Waals surface area contributed by atoms with Crippen LogP contribution in [0.15, 0.2) is 12.7 Å². The Kier molecular flexibility index (Phi) is 29.4. The van der Waals surface area contributed by atoms with Crippen LogP contribution < -0.4 is 5.73 Å². The van der Waals surface area contributed by atoms with Crippen LogP contribution in [0.1, 0.15) is 92.9 Å². The Hall–Kier alpha value is -0.300. The fraction of sp³-hybridized carbons (Fsp3) is 0.895. The third-order valence-electron chi connectivity index (χ3n) is 3.05. The number of nitrogens with two attached hydrogens (primary N) is 1. The smallest absolute Gasteiger partial charge is 0.00489 e. The molecule has 1 unspecified atom stereocenters. The van der Waals surface area contributed by atoms with Gasteiger partial charge < -0.3 is 5.73 Å². The number of unbranched alkanes of at least 4 members (excludes halogenated alkanes) is 1. The zero-order valence-corrected chi connectivity index (χ0v) is 15.4. The van der Waals surface area contributed by atoms with Crippen LogP contribution in [0, 0.1) is 11.8 Å². The molecule has 124 valence electrons. The van der Waals surface area contributed by atoms with E-state index in [1.807, 2.05) is 0 Å². The standard InChI is InChI=1S/C8H16.C4H9N.C4H10.C3H8/c1-4-7-8(5-2)6-3;5-3-4-1-2-4;1-3-4-2;1-3-2/h5,8H,2,4,6-7H2,1,3H3;4H,1-3,5H2;3-4H2,1-2H3;3H2,1-2H3. The van der Waals surface area contributed by atoms with Crippen molar-refractivity contribution < 1.29 is 0 Å². The Bertz CT molecular complexity index is 148. The molecule has 0 spiro atoms. The van der Waals surface area contributed by atoms with E-state index >= 15 is 0 Å². The van der Waals surface area contributed by atoms with Gasteiger partial charge in [-0.05, 0) is 44.1 Å². The summed E-state index contributed by atoms with van der Waals surface area (Å²) in [5, 5.41) is 0. The molecule has 0 aromatic rings. The molecule has 0 amide bonds. The molecule has 1 nitrogen and oxygen atoms in total. The van der Waals surface area contributed by atoms with Crippen molar-refractivity contribution in [1.29, 1.82) is 0 Å². The maximum absolute atomic E-state index is 5.23. The lowest BCUT2D eigenvalue weighted by atomic mass is 10.0. The van der Waals surface area contributed by atoms with Crippen molar-refractivity contribution in [3.8, 4) is 0 Å². The average molecular weight is 286 g/mol. The highest BCUT2D eigenvalue weighted by Crippen LogP contribution is 2.26. The SMILES string of the molecule is C=CC(CC)CCC.CCC.CCCC.NCC1CC1. The minimum absolute atomic E-state index is 0.764. The molecule has 0 heterocycles. The minimum Gasteiger partial charge on any atom is -0.330 e. The third-order valence-corrected chi connectivity index (χ3v) is 3.05. The molecular formula is C19H43N. The van der Waals surface area contributed by atoms with Gasteiger partial charge in [-0.15, -0.1) is 6.58 Å². The van der Waals surface area contributed by atoms with E-state index in [2.05, 4.69) is 54.2 Å². The van der Waals surface area contributed by atoms with Gasteiger partial charge in [0.05, 0.1) is 0 Å². The Balaban J connectivity index is -0.000000208. The van der Waals surface area contributed by atoms with Crippen molar-refractivity contribution in [2.45, 2.75) is 92.9 Å². The molecule has 0 bridgehead atoms. The first kappa shape index (κ1) is 24.7. The van der Waals surface area contributed by atoms with Gasteiger partial charge in [0.2, 0.25) is 0 Å². The minimum atomic E-state index is 0.764. The normalized spacial score (nSPS) is 13.6. The molecule has 0 aromatic carbocycles. The van der Waals surface area contributed by atoms with Crippen molar-refractivity contribution in [1.82, 2.24) is 0 Å². The molecule has 20 heavy (non-hydrogen) atoms. The zero-order chi connectivity index (χ0) is 16.2. The van der Waals surface area contributed by atoms with Gasteiger partial charge >= 0.3 is 0 Å². The molecule has 0 aromatic heterocycles. The lowest BCUT2D eigenvalue weighted by Crippen LogP contribution is -1.98. The van der Waals surface area contributed by atoms with Gasteiger partial charge in [-0.3, -0.25) is 0 Å². The summed E-state index contributed by atoms with van der Waals surface area (Å²) < 4.78 is 0. The van der Waals surface area contributed by atoms with E-state index in [1.54, 1.807) is 0 Å². The predicted molar refractivity (Wildman–Crippen MR) is 97.2 cm³/mol. The molecule has 1 rings (SSSR count). The second-order valence-electron chi connectivity index (χ2n) is 5.58. The molecule has 1 aliphatic rings. The Morgan fingerprint density at radius 2 is 1.45 bits per heavy atom. The van der Waals surface area contributed by atoms with E-state index < -0.39 is 0 Å². The first-order chi connectivity index (χ1) is 9.61. The number of hydrogen-bond acceptors (Lipinski definition) is 1. The maximum atomic E-state index is 5.23. The number of allylic oxidation sites excluding steroid dienone is 1. The topological polar surface area (TPSA) is 26.0 Å². The Labute approximate surface area is 130 Å². The second-order valence-corrected chi connectivity index (χ2v) is 5.58. The van der Waals surface area contributed by atoms with Crippen molar-refractivity contribution in [2.75, 3.05) is 6.54 Å². The molecule has 1 saturated carbocycles. The highest BCUT2D eigenvalue weighted by atomic mass is 14.6. The van der Waals surface area contributed by atoms with Crippen molar-refractivity contribution in [2.24, 2.45) is 17.6 Å². The zero-order valence-electron chi connectivity index (χ0n) is 15.4. The van der Waals surface area contributed by atoms with Crippen LogP contribution in [0.5, 0.6) is 0 Å². The van der Waals surface area contributed by atoms with Gasteiger partial charge in [-0.25, -0.2) is 0 Å². The summed E-state index contributed by atoms with van der Waals surface area (Å²) >= 11 is 0. The first-order valence-electron chi connectivity index (χ1n) is 8.93. The van der Waals surface area contributed by atoms with Gasteiger partial charge in [0.15, 0.2) is 0 Å². The lowest BCUT2D eigenvalue weighted by Gasteiger charge is -2.04. The van der Waals surface area contributed by atoms with E-state index in [0.29, 0.717) is 0 Å². The van der Waals surface area contributed by atoms with E-state index in [4.69, 9.17) is 5.73 Å². The number of rotatable bonds is 6. The largest absolute Gasteiger partial charge is 0.330 e. The molecule has 0 saturated heterocycles. The van der Waals surface area contributed by atoms with E-state index in [-0.39, 0.29) is 0 Å². The van der Waals surface area contributed by atoms with E-state index in [0.717, 1.165) is 18.4 Å². The van der Waals surface area contributed by atoms with Crippen molar-refractivity contribution >= 4 is 0 Å². The molecule has 1 aliphatic carbocycles. The van der Waals surface area contributed by atoms with Crippen LogP contribution in [-0.2, 0) is 0 Å². The molecule has 1 heteroatoms. The van der Waals surface area contributed by atoms with E-state index in [9.17, 15) is 0 Å². The van der Waals surface area contributed by atoms with Gasteiger partial charge in [0, 0.05) is 0 Å². The Morgan fingerprint density at radius 1 is 1.00 bits per heavy atom. The highest BCUT2D eigenvalue weighted by Gasteiger charge is 2.17. The molecule has 0 radical (unpaired) electrons.